The van der Waals surface area contributed by atoms with Crippen molar-refractivity contribution in [3.63, 3.8) is 0 Å². The molecule has 1 amide bonds. The van der Waals surface area contributed by atoms with E-state index in [1.54, 1.807) is 11.8 Å². The van der Waals surface area contributed by atoms with Gasteiger partial charge < -0.3 is 15.1 Å². The molecule has 1 saturated heterocycles. The SMILES string of the molecule is CSc1ccc(C(O)CCCC2CCN(C(=O)O)CC2)cc1. The van der Waals surface area contributed by atoms with Crippen molar-refractivity contribution in [3.8, 4) is 0 Å². The highest BCUT2D eigenvalue weighted by molar-refractivity contribution is 7.98. The molecule has 1 fully saturated rings. The minimum absolute atomic E-state index is 0.394. The van der Waals surface area contributed by atoms with Gasteiger partial charge in [0.2, 0.25) is 0 Å². The molecule has 5 heteroatoms. The molecule has 4 nitrogen and oxygen atoms in total. The molecule has 0 radical (unpaired) electrons. The topological polar surface area (TPSA) is 60.8 Å². The van der Waals surface area contributed by atoms with Gasteiger partial charge in [0, 0.05) is 18.0 Å². The van der Waals surface area contributed by atoms with Gasteiger partial charge in [0.15, 0.2) is 0 Å². The molecule has 2 rings (SSSR count). The lowest BCUT2D eigenvalue weighted by molar-refractivity contribution is 0.120. The fourth-order valence-corrected chi connectivity index (χ4v) is 3.41. The van der Waals surface area contributed by atoms with E-state index in [0.29, 0.717) is 19.0 Å². The molecule has 1 aromatic carbocycles. The Morgan fingerprint density at radius 1 is 1.32 bits per heavy atom. The number of aliphatic hydroxyl groups is 1. The van der Waals surface area contributed by atoms with Crippen LogP contribution in [-0.4, -0.2) is 40.6 Å². The molecule has 1 aromatic rings. The van der Waals surface area contributed by atoms with Gasteiger partial charge in [0.1, 0.15) is 0 Å². The molecule has 0 bridgehead atoms. The van der Waals surface area contributed by atoms with Crippen LogP contribution in [-0.2, 0) is 0 Å². The normalized spacial score (nSPS) is 17.5. The highest BCUT2D eigenvalue weighted by atomic mass is 32.2. The molecule has 0 aliphatic carbocycles. The first-order valence-electron chi connectivity index (χ1n) is 7.90. The summed E-state index contributed by atoms with van der Waals surface area (Å²) in [5.74, 6) is 0.599. The number of carbonyl (C=O) groups is 1. The smallest absolute Gasteiger partial charge is 0.407 e. The lowest BCUT2D eigenvalue weighted by Gasteiger charge is -2.30. The number of carboxylic acid groups (broad SMARTS) is 1. The third-order valence-electron chi connectivity index (χ3n) is 4.48. The lowest BCUT2D eigenvalue weighted by atomic mass is 9.90. The van der Waals surface area contributed by atoms with E-state index < -0.39 is 12.2 Å². The standard InChI is InChI=1S/C17H25NO3S/c1-22-15-7-5-14(6-8-15)16(19)4-2-3-13-9-11-18(12-10-13)17(20)21/h5-8,13,16,19H,2-4,9-12H2,1H3,(H,20,21). The summed E-state index contributed by atoms with van der Waals surface area (Å²) in [7, 11) is 0. The van der Waals surface area contributed by atoms with E-state index in [4.69, 9.17) is 5.11 Å². The second-order valence-corrected chi connectivity index (χ2v) is 6.81. The summed E-state index contributed by atoms with van der Waals surface area (Å²) in [6.07, 6.45) is 5.59. The lowest BCUT2D eigenvalue weighted by Crippen LogP contribution is -2.37. The summed E-state index contributed by atoms with van der Waals surface area (Å²) in [5.41, 5.74) is 0.985. The average molecular weight is 323 g/mol. The van der Waals surface area contributed by atoms with Crippen molar-refractivity contribution >= 4 is 17.9 Å². The van der Waals surface area contributed by atoms with E-state index in [-0.39, 0.29) is 0 Å². The van der Waals surface area contributed by atoms with Gasteiger partial charge in [-0.2, -0.15) is 0 Å². The van der Waals surface area contributed by atoms with Crippen molar-refractivity contribution < 1.29 is 15.0 Å². The Bertz CT molecular complexity index is 469. The summed E-state index contributed by atoms with van der Waals surface area (Å²) in [4.78, 5) is 13.6. The predicted octanol–water partition coefficient (Wildman–Crippen LogP) is 4.00. The molecule has 0 aromatic heterocycles. The number of nitrogens with zero attached hydrogens (tertiary/aromatic N) is 1. The second-order valence-electron chi connectivity index (χ2n) is 5.93. The number of benzene rings is 1. The van der Waals surface area contributed by atoms with Gasteiger partial charge in [0.25, 0.3) is 0 Å². The van der Waals surface area contributed by atoms with Gasteiger partial charge in [-0.25, -0.2) is 4.79 Å². The number of hydrogen-bond acceptors (Lipinski definition) is 3. The fourth-order valence-electron chi connectivity index (χ4n) is 3.01. The number of aliphatic hydroxyl groups excluding tert-OH is 1. The monoisotopic (exact) mass is 323 g/mol. The molecular weight excluding hydrogens is 298 g/mol. The van der Waals surface area contributed by atoms with Crippen molar-refractivity contribution in [2.24, 2.45) is 5.92 Å². The summed E-state index contributed by atoms with van der Waals surface area (Å²) in [5, 5.41) is 19.2. The average Bonchev–Trinajstić information content (AvgIpc) is 2.55. The third kappa shape index (κ3) is 4.92. The van der Waals surface area contributed by atoms with Crippen LogP contribution in [0.3, 0.4) is 0 Å². The van der Waals surface area contributed by atoms with Crippen LogP contribution in [0.1, 0.15) is 43.8 Å². The number of amides is 1. The van der Waals surface area contributed by atoms with E-state index in [0.717, 1.165) is 37.7 Å². The largest absolute Gasteiger partial charge is 0.465 e. The Hall–Kier alpha value is -1.20. The van der Waals surface area contributed by atoms with Crippen molar-refractivity contribution in [1.82, 2.24) is 4.90 Å². The van der Waals surface area contributed by atoms with Gasteiger partial charge in [-0.1, -0.05) is 25.0 Å². The Kier molecular flexibility index (Phi) is 6.58. The van der Waals surface area contributed by atoms with E-state index in [2.05, 4.69) is 0 Å². The summed E-state index contributed by atoms with van der Waals surface area (Å²) >= 11 is 1.70. The molecule has 1 aliphatic heterocycles. The highest BCUT2D eigenvalue weighted by Crippen LogP contribution is 2.26. The van der Waals surface area contributed by atoms with Crippen LogP contribution in [0.5, 0.6) is 0 Å². The van der Waals surface area contributed by atoms with Crippen LogP contribution in [0.25, 0.3) is 0 Å². The second kappa shape index (κ2) is 8.44. The zero-order valence-corrected chi connectivity index (χ0v) is 13.9. The molecule has 0 saturated carbocycles. The number of rotatable bonds is 6. The van der Waals surface area contributed by atoms with Gasteiger partial charge in [-0.3, -0.25) is 0 Å². The zero-order valence-electron chi connectivity index (χ0n) is 13.1. The Labute approximate surface area is 136 Å². The number of hydrogen-bond donors (Lipinski definition) is 2. The number of piperidine rings is 1. The molecule has 1 unspecified atom stereocenters. The van der Waals surface area contributed by atoms with Crippen LogP contribution < -0.4 is 0 Å². The number of thioether (sulfide) groups is 1. The van der Waals surface area contributed by atoms with Gasteiger partial charge >= 0.3 is 6.09 Å². The Balaban J connectivity index is 1.68. The third-order valence-corrected chi connectivity index (χ3v) is 5.22. The van der Waals surface area contributed by atoms with Crippen LogP contribution in [0.4, 0.5) is 4.79 Å². The molecular formula is C17H25NO3S. The molecule has 2 N–H and O–H groups in total. The quantitative estimate of drug-likeness (QED) is 0.777. The molecule has 1 atom stereocenters. The number of likely N-dealkylation sites (tertiary alicyclic amines) is 1. The van der Waals surface area contributed by atoms with Crippen molar-refractivity contribution in [2.75, 3.05) is 19.3 Å². The highest BCUT2D eigenvalue weighted by Gasteiger charge is 2.22. The van der Waals surface area contributed by atoms with Crippen LogP contribution in [0.2, 0.25) is 0 Å². The van der Waals surface area contributed by atoms with E-state index in [1.165, 1.54) is 9.80 Å². The van der Waals surface area contributed by atoms with Crippen LogP contribution in [0.15, 0.2) is 29.2 Å². The maximum absolute atomic E-state index is 10.9. The predicted molar refractivity (Wildman–Crippen MR) is 89.4 cm³/mol. The van der Waals surface area contributed by atoms with E-state index in [1.807, 2.05) is 30.5 Å². The molecule has 0 spiro atoms. The maximum Gasteiger partial charge on any atom is 0.407 e. The van der Waals surface area contributed by atoms with Crippen LogP contribution in [0, 0.1) is 5.92 Å². The molecule has 1 aliphatic rings. The fraction of sp³-hybridized carbons (Fsp3) is 0.588. The first-order valence-corrected chi connectivity index (χ1v) is 9.12. The first-order chi connectivity index (χ1) is 10.6. The summed E-state index contributed by atoms with van der Waals surface area (Å²) in [6.45, 7) is 1.30. The van der Waals surface area contributed by atoms with Gasteiger partial charge in [0.05, 0.1) is 6.10 Å². The van der Waals surface area contributed by atoms with E-state index in [9.17, 15) is 9.90 Å². The molecule has 122 valence electrons. The van der Waals surface area contributed by atoms with Crippen LogP contribution >= 0.6 is 11.8 Å². The van der Waals surface area contributed by atoms with Gasteiger partial charge in [-0.05, 0) is 49.1 Å². The molecule has 1 heterocycles. The minimum Gasteiger partial charge on any atom is -0.465 e. The van der Waals surface area contributed by atoms with E-state index >= 15 is 0 Å². The Morgan fingerprint density at radius 3 is 2.50 bits per heavy atom. The summed E-state index contributed by atoms with van der Waals surface area (Å²) in [6, 6.07) is 8.10. The van der Waals surface area contributed by atoms with Crippen molar-refractivity contribution in [3.05, 3.63) is 29.8 Å². The van der Waals surface area contributed by atoms with Crippen molar-refractivity contribution in [1.29, 1.82) is 0 Å². The minimum atomic E-state index is -0.803. The summed E-state index contributed by atoms with van der Waals surface area (Å²) < 4.78 is 0. The zero-order chi connectivity index (χ0) is 15.9. The molecule has 22 heavy (non-hydrogen) atoms. The van der Waals surface area contributed by atoms with Gasteiger partial charge in [-0.15, -0.1) is 11.8 Å². The Morgan fingerprint density at radius 2 is 1.95 bits per heavy atom. The first kappa shape index (κ1) is 17.2. The van der Waals surface area contributed by atoms with Crippen molar-refractivity contribution in [2.45, 2.75) is 43.1 Å². The maximum atomic E-state index is 10.9.